The molecular formula is C21H16N2O5S. The summed E-state index contributed by atoms with van der Waals surface area (Å²) in [4.78, 5) is 34.2. The van der Waals surface area contributed by atoms with Gasteiger partial charge in [-0.2, -0.15) is 0 Å². The number of hydrogen-bond donors (Lipinski definition) is 0. The van der Waals surface area contributed by atoms with Gasteiger partial charge in [0.2, 0.25) is 11.7 Å². The molecule has 0 atom stereocenters. The van der Waals surface area contributed by atoms with Gasteiger partial charge in [-0.05, 0) is 23.1 Å². The first-order valence-corrected chi connectivity index (χ1v) is 9.55. The largest absolute Gasteiger partial charge is 0.480 e. The third-order valence-electron chi connectivity index (χ3n) is 4.38. The molecule has 146 valence electrons. The van der Waals surface area contributed by atoms with Crippen LogP contribution in [0.1, 0.15) is 26.5 Å². The number of fused-ring (bicyclic) bond motifs is 1. The van der Waals surface area contributed by atoms with Crippen molar-refractivity contribution < 1.29 is 23.5 Å². The Morgan fingerprint density at radius 1 is 1.14 bits per heavy atom. The van der Waals surface area contributed by atoms with E-state index in [9.17, 15) is 9.59 Å². The third-order valence-corrected chi connectivity index (χ3v) is 5.43. The fraction of sp³-hybridized carbons (Fsp3) is 0.143. The average Bonchev–Trinajstić information content (AvgIpc) is 3.37. The molecule has 0 aliphatic rings. The monoisotopic (exact) mass is 408 g/mol. The second-order valence-electron chi connectivity index (χ2n) is 6.15. The van der Waals surface area contributed by atoms with Crippen molar-refractivity contribution >= 4 is 34.1 Å². The Bertz CT molecular complexity index is 1160. The van der Waals surface area contributed by atoms with Crippen LogP contribution in [0.3, 0.4) is 0 Å². The minimum Gasteiger partial charge on any atom is -0.480 e. The Hall–Kier alpha value is -3.52. The molecule has 0 unspecified atom stereocenters. The number of nitrogens with zero attached hydrogens (tertiary/aromatic N) is 2. The van der Waals surface area contributed by atoms with Gasteiger partial charge in [0.25, 0.3) is 0 Å². The van der Waals surface area contributed by atoms with Crippen molar-refractivity contribution in [3.8, 4) is 16.5 Å². The van der Waals surface area contributed by atoms with Gasteiger partial charge in [0, 0.05) is 11.8 Å². The van der Waals surface area contributed by atoms with Crippen molar-refractivity contribution in [2.75, 3.05) is 14.2 Å². The number of hydrogen-bond acceptors (Lipinski definition) is 8. The summed E-state index contributed by atoms with van der Waals surface area (Å²) in [5.74, 6) is -0.146. The first-order chi connectivity index (χ1) is 14.1. The lowest BCUT2D eigenvalue weighted by Crippen LogP contribution is -2.09. The summed E-state index contributed by atoms with van der Waals surface area (Å²) < 4.78 is 15.6. The highest BCUT2D eigenvalue weighted by Gasteiger charge is 2.24. The number of methoxy groups -OCH3 is 2. The molecule has 29 heavy (non-hydrogen) atoms. The Morgan fingerprint density at radius 3 is 2.66 bits per heavy atom. The highest BCUT2D eigenvalue weighted by atomic mass is 32.1. The lowest BCUT2D eigenvalue weighted by atomic mass is 10.0. The van der Waals surface area contributed by atoms with Crippen LogP contribution in [-0.2, 0) is 11.2 Å². The predicted molar refractivity (Wildman–Crippen MR) is 107 cm³/mol. The maximum atomic E-state index is 12.8. The van der Waals surface area contributed by atoms with E-state index in [2.05, 4.69) is 9.97 Å². The molecule has 0 spiro atoms. The number of esters is 1. The molecule has 0 saturated carbocycles. The van der Waals surface area contributed by atoms with Gasteiger partial charge in [-0.1, -0.05) is 18.2 Å². The number of carbonyl (C=O) groups is 2. The van der Waals surface area contributed by atoms with E-state index in [0.29, 0.717) is 33.2 Å². The molecule has 8 heteroatoms. The van der Waals surface area contributed by atoms with E-state index in [4.69, 9.17) is 13.9 Å². The zero-order valence-corrected chi connectivity index (χ0v) is 16.5. The molecule has 0 aliphatic carbocycles. The summed E-state index contributed by atoms with van der Waals surface area (Å²) in [5, 5.41) is 2.61. The SMILES string of the molecule is COC(=O)c1c(CC(=O)c2cc3ccccc3o2)csc1-c1cnc(OC)cn1. The highest BCUT2D eigenvalue weighted by molar-refractivity contribution is 7.14. The molecule has 4 rings (SSSR count). The molecule has 0 N–H and O–H groups in total. The van der Waals surface area contributed by atoms with E-state index in [-0.39, 0.29) is 18.0 Å². The van der Waals surface area contributed by atoms with Crippen LogP contribution in [0.25, 0.3) is 21.5 Å². The average molecular weight is 408 g/mol. The van der Waals surface area contributed by atoms with Crippen LogP contribution < -0.4 is 4.74 Å². The van der Waals surface area contributed by atoms with Crippen LogP contribution in [0.2, 0.25) is 0 Å². The fourth-order valence-corrected chi connectivity index (χ4v) is 3.98. The molecular weight excluding hydrogens is 392 g/mol. The van der Waals surface area contributed by atoms with Gasteiger partial charge in [0.15, 0.2) is 5.76 Å². The van der Waals surface area contributed by atoms with Gasteiger partial charge in [0.05, 0.1) is 42.7 Å². The van der Waals surface area contributed by atoms with Gasteiger partial charge in [-0.25, -0.2) is 14.8 Å². The van der Waals surface area contributed by atoms with Crippen molar-refractivity contribution in [2.24, 2.45) is 0 Å². The number of thiophene rings is 1. The molecule has 0 amide bonds. The zero-order valence-electron chi connectivity index (χ0n) is 15.7. The number of para-hydroxylation sites is 1. The molecule has 4 aromatic rings. The van der Waals surface area contributed by atoms with Crippen LogP contribution >= 0.6 is 11.3 Å². The van der Waals surface area contributed by atoms with Crippen LogP contribution in [0, 0.1) is 0 Å². The minimum absolute atomic E-state index is 0.00430. The van der Waals surface area contributed by atoms with Crippen molar-refractivity contribution in [3.63, 3.8) is 0 Å². The molecule has 7 nitrogen and oxygen atoms in total. The molecule has 0 aliphatic heterocycles. The van der Waals surface area contributed by atoms with Crippen LogP contribution in [0.15, 0.2) is 52.5 Å². The maximum Gasteiger partial charge on any atom is 0.339 e. The topological polar surface area (TPSA) is 91.5 Å². The Balaban J connectivity index is 1.68. The molecule has 3 aromatic heterocycles. The van der Waals surface area contributed by atoms with Crippen LogP contribution in [-0.4, -0.2) is 35.9 Å². The number of carbonyl (C=O) groups excluding carboxylic acids is 2. The number of rotatable bonds is 6. The Labute approximate surface area is 169 Å². The van der Waals surface area contributed by atoms with Crippen molar-refractivity contribution in [1.82, 2.24) is 9.97 Å². The zero-order chi connectivity index (χ0) is 20.4. The number of ketones is 1. The number of benzene rings is 1. The molecule has 0 radical (unpaired) electrons. The summed E-state index contributed by atoms with van der Waals surface area (Å²) in [6.07, 6.45) is 2.99. The summed E-state index contributed by atoms with van der Waals surface area (Å²) in [6.45, 7) is 0. The first-order valence-electron chi connectivity index (χ1n) is 8.67. The fourth-order valence-electron chi connectivity index (χ4n) is 2.96. The normalized spacial score (nSPS) is 10.8. The predicted octanol–water partition coefficient (Wildman–Crippen LogP) is 4.17. The summed E-state index contributed by atoms with van der Waals surface area (Å²) in [7, 11) is 2.80. The summed E-state index contributed by atoms with van der Waals surface area (Å²) >= 11 is 1.30. The minimum atomic E-state index is -0.536. The van der Waals surface area contributed by atoms with E-state index in [1.807, 2.05) is 18.2 Å². The van der Waals surface area contributed by atoms with Gasteiger partial charge in [-0.15, -0.1) is 11.3 Å². The summed E-state index contributed by atoms with van der Waals surface area (Å²) in [6, 6.07) is 9.11. The Morgan fingerprint density at radius 2 is 1.97 bits per heavy atom. The number of ether oxygens (including phenoxy) is 2. The van der Waals surface area contributed by atoms with E-state index in [0.717, 1.165) is 5.39 Å². The van der Waals surface area contributed by atoms with Crippen LogP contribution in [0.5, 0.6) is 5.88 Å². The smallest absolute Gasteiger partial charge is 0.339 e. The molecule has 3 heterocycles. The molecule has 0 saturated heterocycles. The van der Waals surface area contributed by atoms with Gasteiger partial charge >= 0.3 is 5.97 Å². The second-order valence-corrected chi connectivity index (χ2v) is 7.03. The Kier molecular flexibility index (Phi) is 5.09. The third kappa shape index (κ3) is 3.62. The molecule has 1 aromatic carbocycles. The first kappa shape index (κ1) is 18.8. The van der Waals surface area contributed by atoms with Crippen molar-refractivity contribution in [2.45, 2.75) is 6.42 Å². The lowest BCUT2D eigenvalue weighted by Gasteiger charge is -2.05. The quantitative estimate of drug-likeness (QED) is 0.349. The van der Waals surface area contributed by atoms with E-state index in [1.54, 1.807) is 17.5 Å². The van der Waals surface area contributed by atoms with Gasteiger partial charge < -0.3 is 13.9 Å². The standard InChI is InChI=1S/C21H16N2O5S/c1-26-18-10-22-14(9-23-18)20-19(21(25)27-2)13(11-29-20)7-15(24)17-8-12-5-3-4-6-16(12)28-17/h3-6,8-11H,7H2,1-2H3. The van der Waals surface area contributed by atoms with E-state index < -0.39 is 5.97 Å². The highest BCUT2D eigenvalue weighted by Crippen LogP contribution is 2.33. The summed E-state index contributed by atoms with van der Waals surface area (Å²) in [5.41, 5.74) is 2.00. The van der Waals surface area contributed by atoms with E-state index in [1.165, 1.54) is 38.0 Å². The maximum absolute atomic E-state index is 12.8. The van der Waals surface area contributed by atoms with Crippen molar-refractivity contribution in [1.29, 1.82) is 0 Å². The van der Waals surface area contributed by atoms with Gasteiger partial charge in [0.1, 0.15) is 5.58 Å². The molecule has 0 bridgehead atoms. The van der Waals surface area contributed by atoms with Crippen molar-refractivity contribution in [3.05, 3.63) is 65.0 Å². The molecule has 0 fully saturated rings. The second kappa shape index (κ2) is 7.84. The number of furan rings is 1. The van der Waals surface area contributed by atoms with Crippen LogP contribution in [0.4, 0.5) is 0 Å². The number of Topliss-reactive ketones (excluding diaryl/α,β-unsaturated/α-hetero) is 1. The van der Waals surface area contributed by atoms with Gasteiger partial charge in [-0.3, -0.25) is 4.79 Å². The number of aromatic nitrogens is 2. The van der Waals surface area contributed by atoms with E-state index >= 15 is 0 Å². The lowest BCUT2D eigenvalue weighted by molar-refractivity contribution is 0.0601.